The van der Waals surface area contributed by atoms with E-state index in [9.17, 15) is 0 Å². The monoisotopic (exact) mass is 231 g/mol. The second kappa shape index (κ2) is 3.30. The number of nitrogens with zero attached hydrogens (tertiary/aromatic N) is 1. The second-order valence-corrected chi connectivity index (χ2v) is 5.41. The molecular formula is C12H13N3S. The van der Waals surface area contributed by atoms with Crippen LogP contribution >= 0.6 is 11.3 Å². The van der Waals surface area contributed by atoms with E-state index in [1.54, 1.807) is 11.3 Å². The van der Waals surface area contributed by atoms with Crippen LogP contribution in [0.15, 0.2) is 30.3 Å². The molecule has 1 atom stereocenters. The zero-order valence-corrected chi connectivity index (χ0v) is 9.63. The maximum atomic E-state index is 6.45. The van der Waals surface area contributed by atoms with Crippen LogP contribution in [0.25, 0.3) is 0 Å². The van der Waals surface area contributed by atoms with Gasteiger partial charge in [0, 0.05) is 17.7 Å². The number of fused-ring (bicyclic) bond motifs is 1. The molecule has 1 unspecified atom stereocenters. The van der Waals surface area contributed by atoms with Gasteiger partial charge in [0.05, 0.1) is 11.2 Å². The van der Waals surface area contributed by atoms with Crippen molar-refractivity contribution in [1.82, 2.24) is 4.98 Å². The third-order valence-corrected chi connectivity index (χ3v) is 4.03. The topological polar surface area (TPSA) is 64.9 Å². The normalized spacial score (nSPS) is 23.3. The maximum Gasteiger partial charge on any atom is 0.180 e. The number of rotatable bonds is 1. The van der Waals surface area contributed by atoms with Crippen LogP contribution in [0.4, 0.5) is 5.13 Å². The molecule has 16 heavy (non-hydrogen) atoms. The lowest BCUT2D eigenvalue weighted by Crippen LogP contribution is -2.37. The molecule has 0 amide bonds. The Bertz CT molecular complexity index is 495. The van der Waals surface area contributed by atoms with E-state index in [0.29, 0.717) is 5.13 Å². The van der Waals surface area contributed by atoms with Crippen LogP contribution in [0.1, 0.15) is 16.1 Å². The summed E-state index contributed by atoms with van der Waals surface area (Å²) >= 11 is 1.56. The minimum atomic E-state index is -0.289. The van der Waals surface area contributed by atoms with Crippen LogP contribution in [0, 0.1) is 0 Å². The predicted molar refractivity (Wildman–Crippen MR) is 66.2 cm³/mol. The maximum absolute atomic E-state index is 6.45. The first-order chi connectivity index (χ1) is 7.67. The van der Waals surface area contributed by atoms with Gasteiger partial charge < -0.3 is 11.5 Å². The zero-order chi connectivity index (χ0) is 11.2. The average Bonchev–Trinajstić information content (AvgIpc) is 2.73. The molecule has 0 fully saturated rings. The molecular weight excluding hydrogens is 218 g/mol. The van der Waals surface area contributed by atoms with E-state index in [0.717, 1.165) is 18.5 Å². The molecule has 0 saturated heterocycles. The fraction of sp³-hybridized carbons (Fsp3) is 0.250. The molecule has 82 valence electrons. The lowest BCUT2D eigenvalue weighted by molar-refractivity contribution is 0.471. The first-order valence-corrected chi connectivity index (χ1v) is 6.07. The van der Waals surface area contributed by atoms with Crippen molar-refractivity contribution < 1.29 is 0 Å². The van der Waals surface area contributed by atoms with Crippen molar-refractivity contribution in [2.45, 2.75) is 18.4 Å². The summed E-state index contributed by atoms with van der Waals surface area (Å²) < 4.78 is 0. The van der Waals surface area contributed by atoms with Gasteiger partial charge in [0.15, 0.2) is 5.13 Å². The smallest absolute Gasteiger partial charge is 0.180 e. The summed E-state index contributed by atoms with van der Waals surface area (Å²) in [6.45, 7) is 0. The average molecular weight is 231 g/mol. The Morgan fingerprint density at radius 1 is 1.19 bits per heavy atom. The molecule has 2 aromatic rings. The molecule has 1 heterocycles. The Morgan fingerprint density at radius 3 is 2.62 bits per heavy atom. The van der Waals surface area contributed by atoms with E-state index in [4.69, 9.17) is 11.5 Å². The van der Waals surface area contributed by atoms with Crippen molar-refractivity contribution in [3.63, 3.8) is 0 Å². The number of nitrogen functional groups attached to an aromatic ring is 1. The molecule has 1 aliphatic carbocycles. The van der Waals surface area contributed by atoms with Crippen molar-refractivity contribution in [1.29, 1.82) is 0 Å². The van der Waals surface area contributed by atoms with Gasteiger partial charge in [-0.25, -0.2) is 4.98 Å². The molecule has 1 aromatic heterocycles. The molecule has 4 heteroatoms. The second-order valence-electron chi connectivity index (χ2n) is 4.30. The van der Waals surface area contributed by atoms with Gasteiger partial charge in [-0.3, -0.25) is 0 Å². The fourth-order valence-electron chi connectivity index (χ4n) is 2.30. The minimum absolute atomic E-state index is 0.289. The van der Waals surface area contributed by atoms with Crippen LogP contribution < -0.4 is 11.5 Å². The lowest BCUT2D eigenvalue weighted by atomic mass is 9.89. The number of anilines is 1. The van der Waals surface area contributed by atoms with Gasteiger partial charge in [0.2, 0.25) is 0 Å². The lowest BCUT2D eigenvalue weighted by Gasteiger charge is -2.23. The van der Waals surface area contributed by atoms with Gasteiger partial charge in [-0.05, 0) is 5.56 Å². The number of nitrogens with two attached hydrogens (primary N) is 2. The number of hydrogen-bond donors (Lipinski definition) is 2. The summed E-state index contributed by atoms with van der Waals surface area (Å²) in [7, 11) is 0. The van der Waals surface area contributed by atoms with Crippen molar-refractivity contribution in [2.24, 2.45) is 5.73 Å². The van der Waals surface area contributed by atoms with Gasteiger partial charge in [-0.2, -0.15) is 0 Å². The molecule has 0 bridgehead atoms. The summed E-state index contributed by atoms with van der Waals surface area (Å²) in [5, 5.41) is 0.653. The summed E-state index contributed by atoms with van der Waals surface area (Å²) in [6, 6.07) is 10.2. The van der Waals surface area contributed by atoms with Crippen LogP contribution in [0.2, 0.25) is 0 Å². The molecule has 0 aliphatic heterocycles. The van der Waals surface area contributed by atoms with Gasteiger partial charge in [0.25, 0.3) is 0 Å². The third-order valence-electron chi connectivity index (χ3n) is 3.10. The Morgan fingerprint density at radius 2 is 1.94 bits per heavy atom. The number of thiazole rings is 1. The Hall–Kier alpha value is -1.39. The van der Waals surface area contributed by atoms with Crippen molar-refractivity contribution in [2.75, 3.05) is 5.73 Å². The summed E-state index contributed by atoms with van der Waals surface area (Å²) in [5.74, 6) is 0. The Balaban J connectivity index is 1.97. The van der Waals surface area contributed by atoms with E-state index in [2.05, 4.69) is 17.1 Å². The number of aromatic nitrogens is 1. The van der Waals surface area contributed by atoms with Gasteiger partial charge in [-0.15, -0.1) is 11.3 Å². The van der Waals surface area contributed by atoms with Crippen LogP contribution in [0.5, 0.6) is 0 Å². The van der Waals surface area contributed by atoms with Crippen molar-refractivity contribution >= 4 is 16.5 Å². The van der Waals surface area contributed by atoms with Gasteiger partial charge >= 0.3 is 0 Å². The van der Waals surface area contributed by atoms with E-state index in [-0.39, 0.29) is 5.54 Å². The molecule has 1 aliphatic rings. The molecule has 0 saturated carbocycles. The van der Waals surface area contributed by atoms with Gasteiger partial charge in [-0.1, -0.05) is 30.3 Å². The molecule has 3 nitrogen and oxygen atoms in total. The van der Waals surface area contributed by atoms with Crippen molar-refractivity contribution in [3.05, 3.63) is 46.5 Å². The van der Waals surface area contributed by atoms with Crippen molar-refractivity contribution in [3.8, 4) is 0 Å². The largest absolute Gasteiger partial charge is 0.375 e. The van der Waals surface area contributed by atoms with Gasteiger partial charge in [0.1, 0.15) is 0 Å². The van der Waals surface area contributed by atoms with E-state index < -0.39 is 0 Å². The summed E-state index contributed by atoms with van der Waals surface area (Å²) in [6.07, 6.45) is 1.64. The van der Waals surface area contributed by atoms with Crippen LogP contribution in [-0.4, -0.2) is 4.98 Å². The molecule has 1 aromatic carbocycles. The van der Waals surface area contributed by atoms with E-state index in [1.807, 2.05) is 18.2 Å². The minimum Gasteiger partial charge on any atom is -0.375 e. The predicted octanol–water partition coefficient (Wildman–Crippen LogP) is 1.68. The summed E-state index contributed by atoms with van der Waals surface area (Å²) in [5.41, 5.74) is 14.1. The summed E-state index contributed by atoms with van der Waals surface area (Å²) in [4.78, 5) is 5.57. The molecule has 0 spiro atoms. The van der Waals surface area contributed by atoms with E-state index in [1.165, 1.54) is 10.4 Å². The highest BCUT2D eigenvalue weighted by molar-refractivity contribution is 7.15. The zero-order valence-electron chi connectivity index (χ0n) is 8.81. The number of benzene rings is 1. The highest BCUT2D eigenvalue weighted by atomic mass is 32.1. The van der Waals surface area contributed by atoms with Crippen LogP contribution in [0.3, 0.4) is 0 Å². The first-order valence-electron chi connectivity index (χ1n) is 5.26. The van der Waals surface area contributed by atoms with Crippen LogP contribution in [-0.2, 0) is 18.4 Å². The highest BCUT2D eigenvalue weighted by Gasteiger charge is 2.37. The molecule has 4 N–H and O–H groups in total. The first kappa shape index (κ1) is 9.81. The Labute approximate surface area is 98.1 Å². The number of hydrogen-bond acceptors (Lipinski definition) is 4. The highest BCUT2D eigenvalue weighted by Crippen LogP contribution is 2.38. The van der Waals surface area contributed by atoms with E-state index >= 15 is 0 Å². The molecule has 0 radical (unpaired) electrons. The molecule has 3 rings (SSSR count). The standard InChI is InChI=1S/C12H13N3S/c13-11-15-9-6-12(14,7-10(9)16-11)8-4-2-1-3-5-8/h1-5H,6-7,14H2,(H2,13,15). The Kier molecular flexibility index (Phi) is 2.02. The SMILES string of the molecule is Nc1nc2c(s1)CC(N)(c1ccccc1)C2. The quantitative estimate of drug-likeness (QED) is 0.784. The fourth-order valence-corrected chi connectivity index (χ4v) is 3.28. The third kappa shape index (κ3) is 1.42.